The molecule has 0 saturated heterocycles. The number of carbonyl (C=O) groups excluding carboxylic acids is 1. The summed E-state index contributed by atoms with van der Waals surface area (Å²) < 4.78 is 30.7. The number of nitrogens with zero attached hydrogens (tertiary/aromatic N) is 4. The van der Waals surface area contributed by atoms with E-state index in [2.05, 4.69) is 10.1 Å². The van der Waals surface area contributed by atoms with Crippen LogP contribution in [0.3, 0.4) is 0 Å². The van der Waals surface area contributed by atoms with Gasteiger partial charge in [-0.3, -0.25) is 4.79 Å². The van der Waals surface area contributed by atoms with Gasteiger partial charge in [0.25, 0.3) is 0 Å². The summed E-state index contributed by atoms with van der Waals surface area (Å²) in [5, 5.41) is 5.88. The fourth-order valence-electron chi connectivity index (χ4n) is 2.84. The Balaban J connectivity index is 1.87. The van der Waals surface area contributed by atoms with Crippen molar-refractivity contribution in [3.8, 4) is 10.7 Å². The Morgan fingerprint density at radius 2 is 1.93 bits per heavy atom. The molecule has 154 valence electrons. The van der Waals surface area contributed by atoms with Crippen molar-refractivity contribution in [1.82, 2.24) is 19.3 Å². The number of likely N-dealkylation sites (N-methyl/N-ethyl adjacent to an activating group) is 2. The molecule has 3 aromatic rings. The summed E-state index contributed by atoms with van der Waals surface area (Å²) in [5.41, 5.74) is 0.591. The van der Waals surface area contributed by atoms with E-state index in [9.17, 15) is 13.2 Å². The highest BCUT2D eigenvalue weighted by molar-refractivity contribution is 7.88. The van der Waals surface area contributed by atoms with Crippen LogP contribution in [0.1, 0.15) is 24.4 Å². The molecule has 10 heteroatoms. The van der Waals surface area contributed by atoms with E-state index in [0.29, 0.717) is 17.9 Å². The number of hydrogen-bond acceptors (Lipinski definition) is 7. The minimum absolute atomic E-state index is 0.0919. The molecule has 0 aliphatic rings. The normalized spacial score (nSPS) is 12.8. The second kappa shape index (κ2) is 8.85. The van der Waals surface area contributed by atoms with E-state index < -0.39 is 16.1 Å². The van der Waals surface area contributed by atoms with E-state index in [1.54, 1.807) is 24.3 Å². The molecule has 1 atom stereocenters. The van der Waals surface area contributed by atoms with Crippen molar-refractivity contribution in [3.05, 3.63) is 59.3 Å². The molecular weight excluding hydrogens is 412 g/mol. The van der Waals surface area contributed by atoms with Gasteiger partial charge in [0.1, 0.15) is 12.6 Å². The van der Waals surface area contributed by atoms with Crippen LogP contribution in [-0.4, -0.2) is 53.5 Å². The molecule has 1 aromatic carbocycles. The monoisotopic (exact) mass is 434 g/mol. The summed E-state index contributed by atoms with van der Waals surface area (Å²) in [6.07, 6.45) is 1.08. The molecule has 0 aliphatic heterocycles. The Bertz CT molecular complexity index is 1050. The van der Waals surface area contributed by atoms with Gasteiger partial charge in [-0.25, -0.2) is 8.42 Å². The van der Waals surface area contributed by atoms with Gasteiger partial charge in [-0.2, -0.15) is 9.29 Å². The molecule has 29 heavy (non-hydrogen) atoms. The molecule has 0 N–H and O–H groups in total. The second-order valence-electron chi connectivity index (χ2n) is 6.43. The first-order chi connectivity index (χ1) is 13.8. The Morgan fingerprint density at radius 3 is 2.52 bits per heavy atom. The van der Waals surface area contributed by atoms with Gasteiger partial charge in [-0.15, -0.1) is 11.3 Å². The van der Waals surface area contributed by atoms with Gasteiger partial charge in [-0.1, -0.05) is 41.6 Å². The summed E-state index contributed by atoms with van der Waals surface area (Å²) in [7, 11) is -2.20. The second-order valence-corrected chi connectivity index (χ2v) is 9.42. The maximum atomic E-state index is 13.3. The Morgan fingerprint density at radius 1 is 1.21 bits per heavy atom. The number of rotatable bonds is 8. The fourth-order valence-corrected chi connectivity index (χ4v) is 4.09. The van der Waals surface area contributed by atoms with E-state index in [1.807, 2.05) is 30.5 Å². The van der Waals surface area contributed by atoms with E-state index in [4.69, 9.17) is 4.52 Å². The van der Waals surface area contributed by atoms with Crippen molar-refractivity contribution in [2.24, 2.45) is 0 Å². The SMILES string of the molecule is CCN(Cc1nc(-c2cccs2)no1)C(=O)C(c1ccccc1)N(C)S(C)(=O)=O. The van der Waals surface area contributed by atoms with Crippen molar-refractivity contribution in [2.75, 3.05) is 19.8 Å². The average molecular weight is 435 g/mol. The van der Waals surface area contributed by atoms with Crippen LogP contribution in [0.2, 0.25) is 0 Å². The number of hydrogen-bond donors (Lipinski definition) is 0. The minimum atomic E-state index is -3.60. The van der Waals surface area contributed by atoms with Gasteiger partial charge in [0.05, 0.1) is 11.1 Å². The predicted molar refractivity (Wildman–Crippen MR) is 110 cm³/mol. The quantitative estimate of drug-likeness (QED) is 0.541. The van der Waals surface area contributed by atoms with Gasteiger partial charge in [0, 0.05) is 13.6 Å². The molecule has 0 radical (unpaired) electrons. The van der Waals surface area contributed by atoms with Crippen LogP contribution >= 0.6 is 11.3 Å². The fraction of sp³-hybridized carbons (Fsp3) is 0.316. The maximum absolute atomic E-state index is 13.3. The standard InChI is InChI=1S/C19H22N4O4S2/c1-4-23(13-16-20-18(21-27-16)15-11-8-12-28-15)19(24)17(22(2)29(3,25)26)14-9-6-5-7-10-14/h5-12,17H,4,13H2,1-3H3. The van der Waals surface area contributed by atoms with Crippen LogP contribution in [0.15, 0.2) is 52.4 Å². The van der Waals surface area contributed by atoms with Crippen LogP contribution in [0, 0.1) is 0 Å². The number of benzene rings is 1. The third-order valence-corrected chi connectivity index (χ3v) is 6.59. The highest BCUT2D eigenvalue weighted by Gasteiger charge is 2.34. The molecule has 3 rings (SSSR count). The number of thiophene rings is 1. The molecule has 0 spiro atoms. The van der Waals surface area contributed by atoms with Crippen LogP contribution in [0.25, 0.3) is 10.7 Å². The van der Waals surface area contributed by atoms with Crippen molar-refractivity contribution >= 4 is 27.3 Å². The average Bonchev–Trinajstić information content (AvgIpc) is 3.38. The minimum Gasteiger partial charge on any atom is -0.337 e. The summed E-state index contributed by atoms with van der Waals surface area (Å²) in [6, 6.07) is 11.6. The first-order valence-corrected chi connectivity index (χ1v) is 11.7. The maximum Gasteiger partial charge on any atom is 0.246 e. The Hall–Kier alpha value is -2.56. The smallest absolute Gasteiger partial charge is 0.246 e. The molecule has 8 nitrogen and oxygen atoms in total. The van der Waals surface area contributed by atoms with Gasteiger partial charge in [0.2, 0.25) is 27.6 Å². The molecule has 0 bridgehead atoms. The zero-order valence-corrected chi connectivity index (χ0v) is 18.0. The molecule has 1 amide bonds. The van der Waals surface area contributed by atoms with Gasteiger partial charge in [-0.05, 0) is 23.9 Å². The molecule has 0 fully saturated rings. The number of aromatic nitrogens is 2. The lowest BCUT2D eigenvalue weighted by molar-refractivity contribution is -0.136. The van der Waals surface area contributed by atoms with Crippen LogP contribution in [0.5, 0.6) is 0 Å². The first kappa shape index (κ1) is 21.2. The van der Waals surface area contributed by atoms with E-state index in [1.165, 1.54) is 23.3 Å². The van der Waals surface area contributed by atoms with Gasteiger partial charge in [0.15, 0.2) is 0 Å². The zero-order valence-electron chi connectivity index (χ0n) is 16.3. The third-order valence-electron chi connectivity index (χ3n) is 4.47. The first-order valence-electron chi connectivity index (χ1n) is 8.94. The molecule has 0 saturated carbocycles. The molecule has 1 unspecified atom stereocenters. The van der Waals surface area contributed by atoms with Crippen molar-refractivity contribution in [2.45, 2.75) is 19.5 Å². The Labute approximate surface area is 173 Å². The van der Waals surface area contributed by atoms with Crippen molar-refractivity contribution in [3.63, 3.8) is 0 Å². The number of carbonyl (C=O) groups is 1. The number of sulfonamides is 1. The van der Waals surface area contributed by atoms with E-state index in [0.717, 1.165) is 15.4 Å². The lowest BCUT2D eigenvalue weighted by atomic mass is 10.1. The van der Waals surface area contributed by atoms with Gasteiger partial charge < -0.3 is 9.42 Å². The van der Waals surface area contributed by atoms with E-state index in [-0.39, 0.29) is 18.3 Å². The van der Waals surface area contributed by atoms with Crippen LogP contribution < -0.4 is 0 Å². The molecule has 2 heterocycles. The Kier molecular flexibility index (Phi) is 6.46. The topological polar surface area (TPSA) is 96.6 Å². The lowest BCUT2D eigenvalue weighted by Crippen LogP contribution is -2.43. The van der Waals surface area contributed by atoms with E-state index >= 15 is 0 Å². The summed E-state index contributed by atoms with van der Waals surface area (Å²) in [6.45, 7) is 2.27. The van der Waals surface area contributed by atoms with Crippen molar-refractivity contribution in [1.29, 1.82) is 0 Å². The number of amides is 1. The van der Waals surface area contributed by atoms with Crippen molar-refractivity contribution < 1.29 is 17.7 Å². The van der Waals surface area contributed by atoms with Crippen LogP contribution in [0.4, 0.5) is 0 Å². The molecular formula is C19H22N4O4S2. The molecule has 2 aromatic heterocycles. The highest BCUT2D eigenvalue weighted by Crippen LogP contribution is 2.26. The lowest BCUT2D eigenvalue weighted by Gasteiger charge is -2.30. The zero-order chi connectivity index (χ0) is 21.0. The largest absolute Gasteiger partial charge is 0.337 e. The van der Waals surface area contributed by atoms with Crippen LogP contribution in [-0.2, 0) is 21.4 Å². The third kappa shape index (κ3) is 4.89. The summed E-state index contributed by atoms with van der Waals surface area (Å²) in [5.74, 6) is 0.395. The predicted octanol–water partition coefficient (Wildman–Crippen LogP) is 2.78. The highest BCUT2D eigenvalue weighted by atomic mass is 32.2. The summed E-state index contributed by atoms with van der Waals surface area (Å²) in [4.78, 5) is 20.1. The molecule has 0 aliphatic carbocycles. The summed E-state index contributed by atoms with van der Waals surface area (Å²) >= 11 is 1.49. The van der Waals surface area contributed by atoms with Gasteiger partial charge >= 0.3 is 0 Å².